The number of carboxylic acid groups (broad SMARTS) is 1. The molecule has 0 bridgehead atoms. The Morgan fingerprint density at radius 3 is 2.86 bits per heavy atom. The fraction of sp³-hybridized carbons (Fsp3) is 0.615. The topological polar surface area (TPSA) is 96.7 Å². The third-order valence-corrected chi connectivity index (χ3v) is 3.36. The minimum absolute atomic E-state index is 0.0996. The number of hydrogen-bond donors (Lipinski definition) is 2. The molecule has 8 heteroatoms. The highest BCUT2D eigenvalue weighted by Crippen LogP contribution is 2.09. The van der Waals surface area contributed by atoms with E-state index in [-0.39, 0.29) is 18.5 Å². The maximum atomic E-state index is 11.9. The number of likely N-dealkylation sites (tertiary alicyclic amines) is 1. The van der Waals surface area contributed by atoms with Gasteiger partial charge in [-0.2, -0.15) is 5.10 Å². The summed E-state index contributed by atoms with van der Waals surface area (Å²) in [5, 5.41) is 15.5. The van der Waals surface area contributed by atoms with E-state index in [4.69, 9.17) is 9.84 Å². The fourth-order valence-electron chi connectivity index (χ4n) is 2.22. The molecule has 1 aromatic rings. The largest absolute Gasteiger partial charge is 0.479 e. The van der Waals surface area contributed by atoms with E-state index >= 15 is 0 Å². The standard InChI is InChI=1S/C13H20N4O4/c1-16-4-2-10(3-5-16)15-12(18)8-17-7-11(6-14-17)21-9-13(19)20/h6-7,10H,2-5,8-9H2,1H3,(H,15,18)(H,19,20). The summed E-state index contributed by atoms with van der Waals surface area (Å²) in [6, 6.07) is 0.215. The summed E-state index contributed by atoms with van der Waals surface area (Å²) in [4.78, 5) is 24.5. The van der Waals surface area contributed by atoms with Crippen molar-refractivity contribution in [3.8, 4) is 5.75 Å². The first-order chi connectivity index (χ1) is 10.0. The third kappa shape index (κ3) is 5.07. The third-order valence-electron chi connectivity index (χ3n) is 3.36. The Balaban J connectivity index is 1.76. The second-order valence-corrected chi connectivity index (χ2v) is 5.20. The second kappa shape index (κ2) is 7.07. The summed E-state index contributed by atoms with van der Waals surface area (Å²) >= 11 is 0. The van der Waals surface area contributed by atoms with Crippen LogP contribution >= 0.6 is 0 Å². The molecule has 0 aliphatic carbocycles. The molecule has 0 saturated carbocycles. The molecule has 21 heavy (non-hydrogen) atoms. The molecule has 1 amide bonds. The Bertz CT molecular complexity index is 494. The Kier molecular flexibility index (Phi) is 5.15. The molecular formula is C13H20N4O4. The van der Waals surface area contributed by atoms with Crippen LogP contribution in [0.3, 0.4) is 0 Å². The SMILES string of the molecule is CN1CCC(NC(=O)Cn2cc(OCC(=O)O)cn2)CC1. The van der Waals surface area contributed by atoms with Gasteiger partial charge in [0.25, 0.3) is 0 Å². The number of aromatic nitrogens is 2. The van der Waals surface area contributed by atoms with Crippen LogP contribution < -0.4 is 10.1 Å². The van der Waals surface area contributed by atoms with E-state index in [1.165, 1.54) is 17.1 Å². The molecule has 1 fully saturated rings. The van der Waals surface area contributed by atoms with Crippen LogP contribution in [0.25, 0.3) is 0 Å². The Labute approximate surface area is 122 Å². The van der Waals surface area contributed by atoms with Gasteiger partial charge < -0.3 is 20.1 Å². The van der Waals surface area contributed by atoms with Gasteiger partial charge in [-0.05, 0) is 33.0 Å². The second-order valence-electron chi connectivity index (χ2n) is 5.20. The van der Waals surface area contributed by atoms with Crippen molar-refractivity contribution in [1.82, 2.24) is 20.0 Å². The fourth-order valence-corrected chi connectivity index (χ4v) is 2.22. The van der Waals surface area contributed by atoms with Crippen LogP contribution in [0.4, 0.5) is 0 Å². The monoisotopic (exact) mass is 296 g/mol. The molecule has 1 saturated heterocycles. The zero-order chi connectivity index (χ0) is 15.2. The van der Waals surface area contributed by atoms with Crippen molar-refractivity contribution < 1.29 is 19.4 Å². The molecule has 0 unspecified atom stereocenters. The maximum Gasteiger partial charge on any atom is 0.341 e. The molecule has 0 spiro atoms. The normalized spacial score (nSPS) is 16.6. The minimum Gasteiger partial charge on any atom is -0.479 e. The molecule has 0 aromatic carbocycles. The number of carbonyl (C=O) groups is 2. The van der Waals surface area contributed by atoms with Gasteiger partial charge in [-0.1, -0.05) is 0 Å². The number of carbonyl (C=O) groups excluding carboxylic acids is 1. The number of hydrogen-bond acceptors (Lipinski definition) is 5. The van der Waals surface area contributed by atoms with Gasteiger partial charge in [-0.25, -0.2) is 4.79 Å². The van der Waals surface area contributed by atoms with Gasteiger partial charge in [0.15, 0.2) is 12.4 Å². The van der Waals surface area contributed by atoms with E-state index in [0.29, 0.717) is 5.75 Å². The molecule has 2 N–H and O–H groups in total. The molecule has 1 aromatic heterocycles. The summed E-state index contributed by atoms with van der Waals surface area (Å²) in [6.45, 7) is 1.65. The van der Waals surface area contributed by atoms with E-state index < -0.39 is 12.6 Å². The molecule has 0 radical (unpaired) electrons. The number of aliphatic carboxylic acids is 1. The van der Waals surface area contributed by atoms with Crippen LogP contribution in [0.2, 0.25) is 0 Å². The summed E-state index contributed by atoms with van der Waals surface area (Å²) in [5.74, 6) is -0.815. The van der Waals surface area contributed by atoms with E-state index in [9.17, 15) is 9.59 Å². The van der Waals surface area contributed by atoms with E-state index in [1.807, 2.05) is 0 Å². The number of amides is 1. The van der Waals surface area contributed by atoms with Crippen molar-refractivity contribution in [3.63, 3.8) is 0 Å². The first-order valence-corrected chi connectivity index (χ1v) is 6.88. The lowest BCUT2D eigenvalue weighted by Crippen LogP contribution is -2.44. The minimum atomic E-state index is -1.05. The molecule has 0 atom stereocenters. The first-order valence-electron chi connectivity index (χ1n) is 6.88. The summed E-state index contributed by atoms with van der Waals surface area (Å²) in [5.41, 5.74) is 0. The van der Waals surface area contributed by atoms with E-state index in [0.717, 1.165) is 25.9 Å². The van der Waals surface area contributed by atoms with Gasteiger partial charge in [-0.3, -0.25) is 9.48 Å². The molecule has 2 rings (SSSR count). The van der Waals surface area contributed by atoms with E-state index in [2.05, 4.69) is 22.4 Å². The molecular weight excluding hydrogens is 276 g/mol. The first kappa shape index (κ1) is 15.3. The Morgan fingerprint density at radius 1 is 1.48 bits per heavy atom. The molecule has 1 aliphatic rings. The Morgan fingerprint density at radius 2 is 2.19 bits per heavy atom. The molecule has 116 valence electrons. The van der Waals surface area contributed by atoms with Crippen molar-refractivity contribution in [2.75, 3.05) is 26.7 Å². The number of carboxylic acids is 1. The van der Waals surface area contributed by atoms with Crippen molar-refractivity contribution >= 4 is 11.9 Å². The number of rotatable bonds is 6. The lowest BCUT2D eigenvalue weighted by atomic mass is 10.1. The van der Waals surface area contributed by atoms with Crippen LogP contribution in [0.5, 0.6) is 5.75 Å². The van der Waals surface area contributed by atoms with Crippen LogP contribution in [0, 0.1) is 0 Å². The van der Waals surface area contributed by atoms with Crippen LogP contribution in [0.1, 0.15) is 12.8 Å². The quantitative estimate of drug-likeness (QED) is 0.738. The average molecular weight is 296 g/mol. The summed E-state index contributed by atoms with van der Waals surface area (Å²) in [7, 11) is 2.07. The van der Waals surface area contributed by atoms with Gasteiger partial charge >= 0.3 is 5.97 Å². The highest BCUT2D eigenvalue weighted by Gasteiger charge is 2.18. The van der Waals surface area contributed by atoms with Crippen molar-refractivity contribution in [2.45, 2.75) is 25.4 Å². The van der Waals surface area contributed by atoms with Crippen LogP contribution in [0.15, 0.2) is 12.4 Å². The smallest absolute Gasteiger partial charge is 0.341 e. The van der Waals surface area contributed by atoms with Gasteiger partial charge in [0.05, 0.1) is 12.4 Å². The number of nitrogens with one attached hydrogen (secondary N) is 1. The average Bonchev–Trinajstić information content (AvgIpc) is 2.86. The number of piperidine rings is 1. The summed E-state index contributed by atoms with van der Waals surface area (Å²) < 4.78 is 6.40. The molecule has 8 nitrogen and oxygen atoms in total. The summed E-state index contributed by atoms with van der Waals surface area (Å²) in [6.07, 6.45) is 4.81. The maximum absolute atomic E-state index is 11.9. The van der Waals surface area contributed by atoms with Crippen molar-refractivity contribution in [2.24, 2.45) is 0 Å². The predicted molar refractivity (Wildman–Crippen MR) is 74.0 cm³/mol. The highest BCUT2D eigenvalue weighted by molar-refractivity contribution is 5.76. The molecule has 2 heterocycles. The van der Waals surface area contributed by atoms with Crippen LogP contribution in [-0.2, 0) is 16.1 Å². The number of nitrogens with zero attached hydrogens (tertiary/aromatic N) is 3. The van der Waals surface area contributed by atoms with Crippen LogP contribution in [-0.4, -0.2) is 64.4 Å². The lowest BCUT2D eigenvalue weighted by Gasteiger charge is -2.29. The number of ether oxygens (including phenoxy) is 1. The van der Waals surface area contributed by atoms with Crippen molar-refractivity contribution in [1.29, 1.82) is 0 Å². The van der Waals surface area contributed by atoms with Gasteiger partial charge in [0.2, 0.25) is 5.91 Å². The zero-order valence-corrected chi connectivity index (χ0v) is 12.0. The Hall–Kier alpha value is -2.09. The molecule has 1 aliphatic heterocycles. The zero-order valence-electron chi connectivity index (χ0n) is 12.0. The lowest BCUT2D eigenvalue weighted by molar-refractivity contribution is -0.139. The highest BCUT2D eigenvalue weighted by atomic mass is 16.5. The van der Waals surface area contributed by atoms with Crippen molar-refractivity contribution in [3.05, 3.63) is 12.4 Å². The van der Waals surface area contributed by atoms with Gasteiger partial charge in [0, 0.05) is 6.04 Å². The predicted octanol–water partition coefficient (Wildman–Crippen LogP) is -0.443. The van der Waals surface area contributed by atoms with Gasteiger partial charge in [-0.15, -0.1) is 0 Å². The van der Waals surface area contributed by atoms with E-state index in [1.54, 1.807) is 0 Å². The van der Waals surface area contributed by atoms with Gasteiger partial charge in [0.1, 0.15) is 6.54 Å².